The standard InChI is InChI=1S/C13H21NS/c1-11-4-5-13(10-12(11)2)6-7-14(3)8-9-15/h4-5,10,15H,6-9H2,1-3H3. The number of hydrogen-bond donors (Lipinski definition) is 1. The third kappa shape index (κ3) is 4.27. The highest BCUT2D eigenvalue weighted by Gasteiger charge is 1.99. The highest BCUT2D eigenvalue weighted by atomic mass is 32.1. The van der Waals surface area contributed by atoms with Gasteiger partial charge in [0.1, 0.15) is 0 Å². The van der Waals surface area contributed by atoms with Crippen molar-refractivity contribution >= 4 is 12.6 Å². The second-order valence-electron chi connectivity index (χ2n) is 4.20. The first kappa shape index (κ1) is 12.6. The summed E-state index contributed by atoms with van der Waals surface area (Å²) in [6.45, 7) is 6.51. The van der Waals surface area contributed by atoms with E-state index in [4.69, 9.17) is 0 Å². The molecule has 0 saturated carbocycles. The molecular formula is C13H21NS. The molecule has 0 heterocycles. The SMILES string of the molecule is Cc1ccc(CCN(C)CCS)cc1C. The second kappa shape index (κ2) is 6.19. The van der Waals surface area contributed by atoms with Crippen molar-refractivity contribution in [3.05, 3.63) is 34.9 Å². The van der Waals surface area contributed by atoms with Crippen LogP contribution >= 0.6 is 12.6 Å². The predicted octanol–water partition coefficient (Wildman–Crippen LogP) is 2.71. The third-order valence-electron chi connectivity index (χ3n) is 2.84. The number of aryl methyl sites for hydroxylation is 2. The Morgan fingerprint density at radius 1 is 1.13 bits per heavy atom. The Bertz CT molecular complexity index is 309. The normalized spacial score (nSPS) is 11.0. The Labute approximate surface area is 98.9 Å². The third-order valence-corrected chi connectivity index (χ3v) is 3.04. The van der Waals surface area contributed by atoms with Gasteiger partial charge in [0.15, 0.2) is 0 Å². The second-order valence-corrected chi connectivity index (χ2v) is 4.64. The van der Waals surface area contributed by atoms with Gasteiger partial charge >= 0.3 is 0 Å². The van der Waals surface area contributed by atoms with E-state index in [9.17, 15) is 0 Å². The Morgan fingerprint density at radius 2 is 1.87 bits per heavy atom. The van der Waals surface area contributed by atoms with Gasteiger partial charge in [-0.25, -0.2) is 0 Å². The molecule has 0 radical (unpaired) electrons. The summed E-state index contributed by atoms with van der Waals surface area (Å²) in [6, 6.07) is 6.74. The quantitative estimate of drug-likeness (QED) is 0.751. The molecule has 0 aromatic heterocycles. The molecule has 1 nitrogen and oxygen atoms in total. The van der Waals surface area contributed by atoms with Gasteiger partial charge in [0.2, 0.25) is 0 Å². The molecule has 0 saturated heterocycles. The molecule has 0 aliphatic rings. The molecule has 0 spiro atoms. The molecule has 1 aromatic carbocycles. The van der Waals surface area contributed by atoms with Gasteiger partial charge in [-0.05, 0) is 44.0 Å². The molecule has 84 valence electrons. The highest BCUT2D eigenvalue weighted by Crippen LogP contribution is 2.10. The van der Waals surface area contributed by atoms with Gasteiger partial charge in [-0.3, -0.25) is 0 Å². The molecule has 0 bridgehead atoms. The first-order valence-corrected chi connectivity index (χ1v) is 6.12. The summed E-state index contributed by atoms with van der Waals surface area (Å²) in [6.07, 6.45) is 1.13. The van der Waals surface area contributed by atoms with Crippen molar-refractivity contribution in [3.8, 4) is 0 Å². The fraction of sp³-hybridized carbons (Fsp3) is 0.538. The average Bonchev–Trinajstić information content (AvgIpc) is 2.20. The van der Waals surface area contributed by atoms with Crippen LogP contribution in [0.3, 0.4) is 0 Å². The summed E-state index contributed by atoms with van der Waals surface area (Å²) in [5, 5.41) is 0. The van der Waals surface area contributed by atoms with E-state index in [1.54, 1.807) is 0 Å². The van der Waals surface area contributed by atoms with E-state index in [0.29, 0.717) is 0 Å². The van der Waals surface area contributed by atoms with E-state index in [0.717, 1.165) is 25.3 Å². The van der Waals surface area contributed by atoms with Crippen molar-refractivity contribution in [3.63, 3.8) is 0 Å². The smallest absolute Gasteiger partial charge is 0.00669 e. The average molecular weight is 223 g/mol. The van der Waals surface area contributed by atoms with Crippen LogP contribution in [0.5, 0.6) is 0 Å². The van der Waals surface area contributed by atoms with E-state index in [2.05, 4.69) is 56.6 Å². The lowest BCUT2D eigenvalue weighted by Gasteiger charge is -2.15. The van der Waals surface area contributed by atoms with E-state index < -0.39 is 0 Å². The van der Waals surface area contributed by atoms with Gasteiger partial charge in [-0.1, -0.05) is 18.2 Å². The topological polar surface area (TPSA) is 3.24 Å². The Balaban J connectivity index is 2.47. The zero-order valence-corrected chi connectivity index (χ0v) is 10.8. The lowest BCUT2D eigenvalue weighted by atomic mass is 10.0. The van der Waals surface area contributed by atoms with Gasteiger partial charge in [-0.2, -0.15) is 12.6 Å². The highest BCUT2D eigenvalue weighted by molar-refractivity contribution is 7.80. The molecule has 1 rings (SSSR count). The Morgan fingerprint density at radius 3 is 2.47 bits per heavy atom. The molecule has 0 atom stereocenters. The van der Waals surface area contributed by atoms with Crippen LogP contribution in [0.25, 0.3) is 0 Å². The zero-order chi connectivity index (χ0) is 11.3. The number of rotatable bonds is 5. The van der Waals surface area contributed by atoms with Crippen LogP contribution in [0, 0.1) is 13.8 Å². The lowest BCUT2D eigenvalue weighted by Crippen LogP contribution is -2.23. The monoisotopic (exact) mass is 223 g/mol. The van der Waals surface area contributed by atoms with Crippen molar-refractivity contribution < 1.29 is 0 Å². The largest absolute Gasteiger partial charge is 0.305 e. The first-order chi connectivity index (χ1) is 7.13. The zero-order valence-electron chi connectivity index (χ0n) is 9.95. The van der Waals surface area contributed by atoms with Crippen molar-refractivity contribution in [2.45, 2.75) is 20.3 Å². The van der Waals surface area contributed by atoms with Crippen LogP contribution in [0.2, 0.25) is 0 Å². The predicted molar refractivity (Wildman–Crippen MR) is 71.0 cm³/mol. The summed E-state index contributed by atoms with van der Waals surface area (Å²) in [5.41, 5.74) is 4.20. The summed E-state index contributed by atoms with van der Waals surface area (Å²) in [4.78, 5) is 2.32. The van der Waals surface area contributed by atoms with E-state index >= 15 is 0 Å². The molecule has 0 fully saturated rings. The van der Waals surface area contributed by atoms with E-state index in [1.807, 2.05) is 0 Å². The molecule has 0 aliphatic carbocycles. The van der Waals surface area contributed by atoms with Crippen LogP contribution in [0.15, 0.2) is 18.2 Å². The van der Waals surface area contributed by atoms with Gasteiger partial charge in [0.25, 0.3) is 0 Å². The summed E-state index contributed by atoms with van der Waals surface area (Å²) >= 11 is 4.23. The van der Waals surface area contributed by atoms with Crippen molar-refractivity contribution in [2.24, 2.45) is 0 Å². The van der Waals surface area contributed by atoms with Crippen LogP contribution in [0.4, 0.5) is 0 Å². The van der Waals surface area contributed by atoms with Gasteiger partial charge in [0.05, 0.1) is 0 Å². The number of likely N-dealkylation sites (N-methyl/N-ethyl adjacent to an activating group) is 1. The van der Waals surface area contributed by atoms with Gasteiger partial charge in [-0.15, -0.1) is 0 Å². The number of nitrogens with zero attached hydrogens (tertiary/aromatic N) is 1. The van der Waals surface area contributed by atoms with Crippen LogP contribution in [-0.4, -0.2) is 30.8 Å². The van der Waals surface area contributed by atoms with Gasteiger partial charge < -0.3 is 4.90 Å². The summed E-state index contributed by atoms with van der Waals surface area (Å²) in [7, 11) is 2.15. The van der Waals surface area contributed by atoms with Crippen molar-refractivity contribution in [2.75, 3.05) is 25.9 Å². The molecule has 0 amide bonds. The van der Waals surface area contributed by atoms with Crippen LogP contribution < -0.4 is 0 Å². The molecule has 0 N–H and O–H groups in total. The fourth-order valence-corrected chi connectivity index (χ4v) is 1.90. The fourth-order valence-electron chi connectivity index (χ4n) is 1.56. The number of hydrogen-bond acceptors (Lipinski definition) is 2. The van der Waals surface area contributed by atoms with Crippen LogP contribution in [-0.2, 0) is 6.42 Å². The molecular weight excluding hydrogens is 202 g/mol. The summed E-state index contributed by atoms with van der Waals surface area (Å²) < 4.78 is 0. The van der Waals surface area contributed by atoms with Crippen molar-refractivity contribution in [1.29, 1.82) is 0 Å². The maximum atomic E-state index is 4.23. The molecule has 1 aromatic rings. The molecule has 2 heteroatoms. The Hall–Kier alpha value is -0.470. The lowest BCUT2D eigenvalue weighted by molar-refractivity contribution is 0.361. The van der Waals surface area contributed by atoms with E-state index in [-0.39, 0.29) is 0 Å². The maximum absolute atomic E-state index is 4.23. The molecule has 0 unspecified atom stereocenters. The molecule has 0 aliphatic heterocycles. The number of benzene rings is 1. The van der Waals surface area contributed by atoms with Crippen LogP contribution in [0.1, 0.15) is 16.7 Å². The van der Waals surface area contributed by atoms with Gasteiger partial charge in [0, 0.05) is 18.8 Å². The molecule has 15 heavy (non-hydrogen) atoms. The number of thiol groups is 1. The minimum Gasteiger partial charge on any atom is -0.305 e. The Kier molecular flexibility index (Phi) is 5.20. The van der Waals surface area contributed by atoms with Crippen molar-refractivity contribution in [1.82, 2.24) is 4.90 Å². The maximum Gasteiger partial charge on any atom is 0.00669 e. The minimum atomic E-state index is 0.934. The summed E-state index contributed by atoms with van der Waals surface area (Å²) in [5.74, 6) is 0.934. The van der Waals surface area contributed by atoms with E-state index in [1.165, 1.54) is 16.7 Å². The first-order valence-electron chi connectivity index (χ1n) is 5.49. The minimum absolute atomic E-state index is 0.934.